The van der Waals surface area contributed by atoms with E-state index in [4.69, 9.17) is 0 Å². The lowest BCUT2D eigenvalue weighted by molar-refractivity contribution is 0.0724. The van der Waals surface area contributed by atoms with Crippen LogP contribution in [0.2, 0.25) is 0 Å². The number of thiophene rings is 1. The molecule has 1 aliphatic heterocycles. The Labute approximate surface area is 170 Å². The lowest BCUT2D eigenvalue weighted by Crippen LogP contribution is -2.36. The van der Waals surface area contributed by atoms with Crippen molar-refractivity contribution < 1.29 is 9.59 Å². The van der Waals surface area contributed by atoms with Crippen LogP contribution in [0.5, 0.6) is 0 Å². The molecule has 1 N–H and O–H groups in total. The van der Waals surface area contributed by atoms with E-state index < -0.39 is 0 Å². The molecule has 2 aromatic rings. The first-order chi connectivity index (χ1) is 13.6. The van der Waals surface area contributed by atoms with Crippen molar-refractivity contribution in [3.63, 3.8) is 0 Å². The van der Waals surface area contributed by atoms with Crippen molar-refractivity contribution in [2.24, 2.45) is 0 Å². The number of piperidine rings is 1. The van der Waals surface area contributed by atoms with E-state index in [0.717, 1.165) is 67.7 Å². The highest BCUT2D eigenvalue weighted by Crippen LogP contribution is 2.38. The Balaban J connectivity index is 1.67. The van der Waals surface area contributed by atoms with Gasteiger partial charge < -0.3 is 10.2 Å². The van der Waals surface area contributed by atoms with Gasteiger partial charge in [-0.25, -0.2) is 0 Å². The average Bonchev–Trinajstić information content (AvgIpc) is 2.88. The van der Waals surface area contributed by atoms with Crippen LogP contribution >= 0.6 is 11.3 Å². The maximum Gasteiger partial charge on any atom is 0.257 e. The molecule has 1 saturated heterocycles. The van der Waals surface area contributed by atoms with E-state index in [2.05, 4.69) is 5.32 Å². The summed E-state index contributed by atoms with van der Waals surface area (Å²) < 4.78 is 0. The molecule has 0 bridgehead atoms. The van der Waals surface area contributed by atoms with Crippen molar-refractivity contribution in [3.05, 3.63) is 51.4 Å². The Morgan fingerprint density at radius 2 is 1.75 bits per heavy atom. The number of benzene rings is 1. The zero-order valence-electron chi connectivity index (χ0n) is 16.6. The summed E-state index contributed by atoms with van der Waals surface area (Å²) in [6, 6.07) is 7.59. The van der Waals surface area contributed by atoms with E-state index in [1.807, 2.05) is 36.1 Å². The number of fused-ring (bicyclic) bond motifs is 1. The molecule has 0 spiro atoms. The van der Waals surface area contributed by atoms with E-state index in [1.54, 1.807) is 11.3 Å². The van der Waals surface area contributed by atoms with Crippen molar-refractivity contribution in [1.29, 1.82) is 0 Å². The number of carbonyl (C=O) groups is 2. The molecule has 0 saturated carbocycles. The number of rotatable bonds is 3. The summed E-state index contributed by atoms with van der Waals surface area (Å²) in [5, 5.41) is 3.83. The van der Waals surface area contributed by atoms with Crippen molar-refractivity contribution >= 4 is 28.2 Å². The Bertz CT molecular complexity index is 881. The zero-order chi connectivity index (χ0) is 19.5. The number of anilines is 1. The highest BCUT2D eigenvalue weighted by molar-refractivity contribution is 7.17. The lowest BCUT2D eigenvalue weighted by Gasteiger charge is -2.27. The summed E-state index contributed by atoms with van der Waals surface area (Å²) in [4.78, 5) is 29.6. The van der Waals surface area contributed by atoms with Crippen LogP contribution < -0.4 is 5.32 Å². The fourth-order valence-corrected chi connectivity index (χ4v) is 5.55. The van der Waals surface area contributed by atoms with Crippen LogP contribution in [0.1, 0.15) is 75.2 Å². The van der Waals surface area contributed by atoms with Gasteiger partial charge in [-0.15, -0.1) is 11.3 Å². The van der Waals surface area contributed by atoms with Crippen molar-refractivity contribution in [1.82, 2.24) is 4.90 Å². The number of carbonyl (C=O) groups excluding carboxylic acids is 2. The average molecular weight is 397 g/mol. The highest BCUT2D eigenvalue weighted by atomic mass is 32.1. The SMILES string of the molecule is Cc1cccc(C(=O)Nc2sc3c(c2C(=O)N2CCCCC2)CCCCC3)c1. The van der Waals surface area contributed by atoms with Gasteiger partial charge in [-0.2, -0.15) is 0 Å². The predicted molar refractivity (Wildman–Crippen MR) is 114 cm³/mol. The van der Waals surface area contributed by atoms with Crippen LogP contribution in [0.4, 0.5) is 5.00 Å². The molecule has 148 valence electrons. The highest BCUT2D eigenvalue weighted by Gasteiger charge is 2.29. The fourth-order valence-electron chi connectivity index (χ4n) is 4.27. The molecule has 1 aromatic heterocycles. The third kappa shape index (κ3) is 4.00. The fraction of sp³-hybridized carbons (Fsp3) is 0.478. The molecule has 1 aromatic carbocycles. The van der Waals surface area contributed by atoms with E-state index in [9.17, 15) is 9.59 Å². The van der Waals surface area contributed by atoms with Gasteiger partial charge in [0.15, 0.2) is 0 Å². The molecule has 1 fully saturated rings. The topological polar surface area (TPSA) is 49.4 Å². The van der Waals surface area contributed by atoms with Crippen LogP contribution in [0, 0.1) is 6.92 Å². The van der Waals surface area contributed by atoms with Gasteiger partial charge in [-0.3, -0.25) is 9.59 Å². The van der Waals surface area contributed by atoms with E-state index in [1.165, 1.54) is 23.3 Å². The van der Waals surface area contributed by atoms with Crippen molar-refractivity contribution in [2.45, 2.75) is 58.3 Å². The molecule has 0 unspecified atom stereocenters. The number of nitrogens with one attached hydrogen (secondary N) is 1. The largest absolute Gasteiger partial charge is 0.339 e. The second kappa shape index (κ2) is 8.48. The summed E-state index contributed by atoms with van der Waals surface area (Å²) in [5.41, 5.74) is 3.65. The zero-order valence-corrected chi connectivity index (χ0v) is 17.4. The number of nitrogens with zero attached hydrogens (tertiary/aromatic N) is 1. The van der Waals surface area contributed by atoms with Crippen LogP contribution in [-0.4, -0.2) is 29.8 Å². The smallest absolute Gasteiger partial charge is 0.257 e. The van der Waals surface area contributed by atoms with Gasteiger partial charge in [0.05, 0.1) is 5.56 Å². The second-order valence-corrected chi connectivity index (χ2v) is 9.05. The van der Waals surface area contributed by atoms with Gasteiger partial charge >= 0.3 is 0 Å². The Morgan fingerprint density at radius 1 is 1.00 bits per heavy atom. The number of hydrogen-bond donors (Lipinski definition) is 1. The molecule has 2 amide bonds. The summed E-state index contributed by atoms with van der Waals surface area (Å²) in [6.45, 7) is 3.64. The molecular formula is C23H28N2O2S. The molecule has 28 heavy (non-hydrogen) atoms. The Hall–Kier alpha value is -2.14. The predicted octanol–water partition coefficient (Wildman–Crippen LogP) is 5.20. The quantitative estimate of drug-likeness (QED) is 0.725. The van der Waals surface area contributed by atoms with E-state index in [-0.39, 0.29) is 11.8 Å². The maximum absolute atomic E-state index is 13.4. The summed E-state index contributed by atoms with van der Waals surface area (Å²) in [6.07, 6.45) is 8.80. The van der Waals surface area contributed by atoms with Gasteiger partial charge in [-0.05, 0) is 69.6 Å². The standard InChI is InChI=1S/C23H28N2O2S/c1-16-9-8-10-17(15-16)21(26)24-22-20(23(27)25-13-6-3-7-14-25)18-11-4-2-5-12-19(18)28-22/h8-10,15H,2-7,11-14H2,1H3,(H,24,26). The molecule has 2 aliphatic rings. The van der Waals surface area contributed by atoms with Crippen LogP contribution in [0.25, 0.3) is 0 Å². The molecule has 4 rings (SSSR count). The minimum Gasteiger partial charge on any atom is -0.339 e. The molecule has 0 radical (unpaired) electrons. The monoisotopic (exact) mass is 396 g/mol. The van der Waals surface area contributed by atoms with Gasteiger partial charge in [0.1, 0.15) is 5.00 Å². The van der Waals surface area contributed by atoms with Gasteiger partial charge in [0.2, 0.25) is 0 Å². The summed E-state index contributed by atoms with van der Waals surface area (Å²) in [5.74, 6) is -0.0218. The van der Waals surface area contributed by atoms with Gasteiger partial charge in [-0.1, -0.05) is 24.1 Å². The number of aryl methyl sites for hydroxylation is 2. The Morgan fingerprint density at radius 3 is 2.54 bits per heavy atom. The van der Waals surface area contributed by atoms with Crippen molar-refractivity contribution in [3.8, 4) is 0 Å². The maximum atomic E-state index is 13.4. The van der Waals surface area contributed by atoms with Crippen LogP contribution in [0.3, 0.4) is 0 Å². The lowest BCUT2D eigenvalue weighted by atomic mass is 10.0. The first-order valence-corrected chi connectivity index (χ1v) is 11.3. The minimum absolute atomic E-state index is 0.110. The Kier molecular flexibility index (Phi) is 5.81. The summed E-state index contributed by atoms with van der Waals surface area (Å²) >= 11 is 1.62. The molecule has 2 heterocycles. The normalized spacial score (nSPS) is 17.0. The number of likely N-dealkylation sites (tertiary alicyclic amines) is 1. The van der Waals surface area contributed by atoms with Gasteiger partial charge in [0, 0.05) is 23.5 Å². The minimum atomic E-state index is -0.132. The first-order valence-electron chi connectivity index (χ1n) is 10.5. The van der Waals surface area contributed by atoms with Crippen molar-refractivity contribution in [2.75, 3.05) is 18.4 Å². The summed E-state index contributed by atoms with van der Waals surface area (Å²) in [7, 11) is 0. The molecule has 4 nitrogen and oxygen atoms in total. The number of amides is 2. The second-order valence-electron chi connectivity index (χ2n) is 7.95. The van der Waals surface area contributed by atoms with E-state index >= 15 is 0 Å². The third-order valence-corrected chi connectivity index (χ3v) is 6.99. The van der Waals surface area contributed by atoms with Crippen LogP contribution in [0.15, 0.2) is 24.3 Å². The molecule has 0 atom stereocenters. The van der Waals surface area contributed by atoms with Gasteiger partial charge in [0.25, 0.3) is 11.8 Å². The van der Waals surface area contributed by atoms with Crippen LogP contribution in [-0.2, 0) is 12.8 Å². The molecule has 5 heteroatoms. The first kappa shape index (κ1) is 19.2. The third-order valence-electron chi connectivity index (χ3n) is 5.79. The van der Waals surface area contributed by atoms with E-state index in [0.29, 0.717) is 5.56 Å². The molecular weight excluding hydrogens is 368 g/mol. The molecule has 1 aliphatic carbocycles. The number of hydrogen-bond acceptors (Lipinski definition) is 3.